The summed E-state index contributed by atoms with van der Waals surface area (Å²) in [6, 6.07) is 0. The Morgan fingerprint density at radius 2 is 2.05 bits per heavy atom. The van der Waals surface area contributed by atoms with Gasteiger partial charge >= 0.3 is 0 Å². The Bertz CT molecular complexity index is 647. The van der Waals surface area contributed by atoms with Crippen LogP contribution in [0.5, 0.6) is 0 Å². The lowest BCUT2D eigenvalue weighted by Crippen LogP contribution is -2.49. The maximum atomic E-state index is 5.90. The van der Waals surface area contributed by atoms with Gasteiger partial charge in [-0.2, -0.15) is 5.10 Å². The second kappa shape index (κ2) is 5.30. The molecule has 0 amide bonds. The quantitative estimate of drug-likeness (QED) is 0.873. The van der Waals surface area contributed by atoms with Crippen LogP contribution in [-0.4, -0.2) is 32.8 Å². The fraction of sp³-hybridized carbons (Fsp3) is 0.533. The lowest BCUT2D eigenvalue weighted by molar-refractivity contribution is 0.339. The summed E-state index contributed by atoms with van der Waals surface area (Å²) in [5, 5.41) is 4.95. The summed E-state index contributed by atoms with van der Waals surface area (Å²) < 4.78 is 1.93. The first kappa shape index (κ1) is 13.1. The molecule has 0 aromatic carbocycles. The van der Waals surface area contributed by atoms with Crippen molar-refractivity contribution in [2.75, 3.05) is 18.0 Å². The standard InChI is InChI=1S/C15H18ClN5/c16-12-5-19-21(9-12)8-11-6-20(7-11)15-13-3-1-2-4-14(13)17-10-18-15/h5,9-11H,1-4,6-8H2. The zero-order valence-electron chi connectivity index (χ0n) is 11.9. The maximum Gasteiger partial charge on any atom is 0.135 e. The number of rotatable bonds is 3. The minimum atomic E-state index is 0.621. The number of aryl methyl sites for hydroxylation is 1. The van der Waals surface area contributed by atoms with E-state index in [1.54, 1.807) is 12.5 Å². The Morgan fingerprint density at radius 3 is 2.86 bits per heavy atom. The molecule has 0 bridgehead atoms. The third-order valence-corrected chi connectivity index (χ3v) is 4.60. The van der Waals surface area contributed by atoms with Crippen LogP contribution in [0.3, 0.4) is 0 Å². The summed E-state index contributed by atoms with van der Waals surface area (Å²) in [4.78, 5) is 11.4. The Kier molecular flexibility index (Phi) is 3.30. The summed E-state index contributed by atoms with van der Waals surface area (Å²) >= 11 is 5.90. The van der Waals surface area contributed by atoms with Gasteiger partial charge in [-0.15, -0.1) is 0 Å². The van der Waals surface area contributed by atoms with Crippen molar-refractivity contribution in [3.63, 3.8) is 0 Å². The van der Waals surface area contributed by atoms with Crippen molar-refractivity contribution < 1.29 is 0 Å². The summed E-state index contributed by atoms with van der Waals surface area (Å²) in [7, 11) is 0. The Balaban J connectivity index is 1.43. The van der Waals surface area contributed by atoms with E-state index >= 15 is 0 Å². The molecule has 1 saturated heterocycles. The van der Waals surface area contributed by atoms with Gasteiger partial charge in [-0.1, -0.05) is 11.6 Å². The molecule has 1 aliphatic carbocycles. The van der Waals surface area contributed by atoms with Gasteiger partial charge in [0.25, 0.3) is 0 Å². The molecule has 110 valence electrons. The zero-order chi connectivity index (χ0) is 14.2. The zero-order valence-corrected chi connectivity index (χ0v) is 12.6. The second-order valence-electron chi connectivity index (χ2n) is 5.98. The van der Waals surface area contributed by atoms with E-state index < -0.39 is 0 Å². The molecule has 2 aromatic rings. The van der Waals surface area contributed by atoms with Gasteiger partial charge in [-0.05, 0) is 25.7 Å². The second-order valence-corrected chi connectivity index (χ2v) is 6.42. The molecule has 0 radical (unpaired) electrons. The SMILES string of the molecule is Clc1cnn(CC2CN(c3ncnc4c3CCCC4)C2)c1. The van der Waals surface area contributed by atoms with E-state index in [0.717, 1.165) is 38.3 Å². The third kappa shape index (κ3) is 2.50. The van der Waals surface area contributed by atoms with Gasteiger partial charge in [0.2, 0.25) is 0 Å². The van der Waals surface area contributed by atoms with Crippen molar-refractivity contribution in [2.24, 2.45) is 5.92 Å². The van der Waals surface area contributed by atoms with Crippen molar-refractivity contribution in [3.05, 3.63) is 35.0 Å². The average molecular weight is 304 g/mol. The van der Waals surface area contributed by atoms with E-state index in [1.165, 1.54) is 24.1 Å². The number of anilines is 1. The smallest absolute Gasteiger partial charge is 0.135 e. The number of hydrogen-bond donors (Lipinski definition) is 0. The van der Waals surface area contributed by atoms with Gasteiger partial charge in [0, 0.05) is 43.0 Å². The van der Waals surface area contributed by atoms with Crippen molar-refractivity contribution in [3.8, 4) is 0 Å². The van der Waals surface area contributed by atoms with Crippen LogP contribution < -0.4 is 4.90 Å². The molecule has 0 spiro atoms. The molecule has 4 rings (SSSR count). The summed E-state index contributed by atoms with van der Waals surface area (Å²) in [5.74, 6) is 1.78. The summed E-state index contributed by atoms with van der Waals surface area (Å²) in [5.41, 5.74) is 2.64. The van der Waals surface area contributed by atoms with Gasteiger partial charge in [-0.3, -0.25) is 4.68 Å². The molecule has 2 aliphatic rings. The molecule has 1 fully saturated rings. The van der Waals surface area contributed by atoms with E-state index in [2.05, 4.69) is 20.0 Å². The molecule has 2 aromatic heterocycles. The van der Waals surface area contributed by atoms with Crippen LogP contribution in [0.4, 0.5) is 5.82 Å². The molecule has 0 N–H and O–H groups in total. The van der Waals surface area contributed by atoms with Crippen molar-refractivity contribution in [1.29, 1.82) is 0 Å². The fourth-order valence-electron chi connectivity index (χ4n) is 3.34. The largest absolute Gasteiger partial charge is 0.355 e. The number of aromatic nitrogens is 4. The predicted molar refractivity (Wildman–Crippen MR) is 81.6 cm³/mol. The van der Waals surface area contributed by atoms with Crippen LogP contribution in [0, 0.1) is 5.92 Å². The maximum absolute atomic E-state index is 5.90. The number of fused-ring (bicyclic) bond motifs is 1. The van der Waals surface area contributed by atoms with Crippen LogP contribution in [0.25, 0.3) is 0 Å². The Morgan fingerprint density at radius 1 is 1.19 bits per heavy atom. The molecule has 0 saturated carbocycles. The number of hydrogen-bond acceptors (Lipinski definition) is 4. The highest BCUT2D eigenvalue weighted by molar-refractivity contribution is 6.30. The first-order valence-electron chi connectivity index (χ1n) is 7.55. The lowest BCUT2D eigenvalue weighted by Gasteiger charge is -2.41. The first-order chi connectivity index (χ1) is 10.3. The summed E-state index contributed by atoms with van der Waals surface area (Å²) in [6.07, 6.45) is 10.0. The number of halogens is 1. The average Bonchev–Trinajstić information content (AvgIpc) is 2.87. The minimum absolute atomic E-state index is 0.621. The molecule has 5 nitrogen and oxygen atoms in total. The van der Waals surface area contributed by atoms with E-state index in [4.69, 9.17) is 11.6 Å². The lowest BCUT2D eigenvalue weighted by atomic mass is 9.93. The molecule has 1 aliphatic heterocycles. The van der Waals surface area contributed by atoms with Crippen LogP contribution in [0.15, 0.2) is 18.7 Å². The predicted octanol–water partition coefficient (Wildman–Crippen LogP) is 2.34. The van der Waals surface area contributed by atoms with Crippen molar-refractivity contribution >= 4 is 17.4 Å². The molecule has 3 heterocycles. The molecule has 0 unspecified atom stereocenters. The van der Waals surface area contributed by atoms with Crippen LogP contribution in [0.2, 0.25) is 5.02 Å². The van der Waals surface area contributed by atoms with Crippen molar-refractivity contribution in [1.82, 2.24) is 19.7 Å². The van der Waals surface area contributed by atoms with Gasteiger partial charge < -0.3 is 4.90 Å². The first-order valence-corrected chi connectivity index (χ1v) is 7.93. The third-order valence-electron chi connectivity index (χ3n) is 4.41. The van der Waals surface area contributed by atoms with E-state index in [-0.39, 0.29) is 0 Å². The minimum Gasteiger partial charge on any atom is -0.355 e. The van der Waals surface area contributed by atoms with Crippen molar-refractivity contribution in [2.45, 2.75) is 32.2 Å². The molecule has 21 heavy (non-hydrogen) atoms. The van der Waals surface area contributed by atoms with E-state index in [1.807, 2.05) is 10.9 Å². The highest BCUT2D eigenvalue weighted by atomic mass is 35.5. The highest BCUT2D eigenvalue weighted by Crippen LogP contribution is 2.31. The van der Waals surface area contributed by atoms with Crippen LogP contribution in [-0.2, 0) is 19.4 Å². The summed E-state index contributed by atoms with van der Waals surface area (Å²) in [6.45, 7) is 3.01. The Hall–Kier alpha value is -1.62. The normalized spacial score (nSPS) is 18.4. The van der Waals surface area contributed by atoms with Crippen LogP contribution >= 0.6 is 11.6 Å². The molecule has 6 heteroatoms. The highest BCUT2D eigenvalue weighted by Gasteiger charge is 2.31. The molecule has 0 atom stereocenters. The van der Waals surface area contributed by atoms with Gasteiger partial charge in [0.1, 0.15) is 12.1 Å². The van der Waals surface area contributed by atoms with E-state index in [0.29, 0.717) is 10.9 Å². The van der Waals surface area contributed by atoms with E-state index in [9.17, 15) is 0 Å². The topological polar surface area (TPSA) is 46.8 Å². The molecular weight excluding hydrogens is 286 g/mol. The monoisotopic (exact) mass is 303 g/mol. The fourth-order valence-corrected chi connectivity index (χ4v) is 3.49. The van der Waals surface area contributed by atoms with Crippen LogP contribution in [0.1, 0.15) is 24.1 Å². The molecular formula is C15H18ClN5. The number of nitrogens with zero attached hydrogens (tertiary/aromatic N) is 5. The van der Waals surface area contributed by atoms with Gasteiger partial charge in [-0.25, -0.2) is 9.97 Å². The van der Waals surface area contributed by atoms with Gasteiger partial charge in [0.15, 0.2) is 0 Å². The van der Waals surface area contributed by atoms with Gasteiger partial charge in [0.05, 0.1) is 11.2 Å². The Labute approximate surface area is 129 Å².